The van der Waals surface area contributed by atoms with Crippen molar-refractivity contribution in [2.75, 3.05) is 13.2 Å². The average Bonchev–Trinajstić information content (AvgIpc) is 3.28. The lowest BCUT2D eigenvalue weighted by Crippen LogP contribution is -2.30. The van der Waals surface area contributed by atoms with Crippen molar-refractivity contribution in [3.63, 3.8) is 0 Å². The summed E-state index contributed by atoms with van der Waals surface area (Å²) in [5.41, 5.74) is 0. The highest BCUT2D eigenvalue weighted by atomic mass is 16.6. The van der Waals surface area contributed by atoms with E-state index in [0.717, 1.165) is 103 Å². The maximum absolute atomic E-state index is 12.8. The number of carbonyl (C=O) groups excluding carboxylic acids is 3. The van der Waals surface area contributed by atoms with Crippen molar-refractivity contribution in [1.29, 1.82) is 0 Å². The lowest BCUT2D eigenvalue weighted by atomic mass is 10.0. The van der Waals surface area contributed by atoms with Crippen LogP contribution in [0.25, 0.3) is 0 Å². The molecule has 0 aromatic carbocycles. The number of esters is 3. The van der Waals surface area contributed by atoms with Crippen LogP contribution in [-0.4, -0.2) is 37.2 Å². The molecule has 0 aliphatic rings. The summed E-state index contributed by atoms with van der Waals surface area (Å²) in [6, 6.07) is 0. The summed E-state index contributed by atoms with van der Waals surface area (Å²) in [5.74, 6) is -0.904. The first-order valence-corrected chi connectivity index (χ1v) is 26.8. The molecular weight excluding hydrogens is 781 g/mol. The number of hydrogen-bond donors (Lipinski definition) is 0. The van der Waals surface area contributed by atoms with Crippen LogP contribution in [0.3, 0.4) is 0 Å². The van der Waals surface area contributed by atoms with Crippen molar-refractivity contribution in [2.24, 2.45) is 0 Å². The molecule has 0 aliphatic heterocycles. The van der Waals surface area contributed by atoms with Gasteiger partial charge in [-0.2, -0.15) is 0 Å². The molecule has 0 aliphatic carbocycles. The Balaban J connectivity index is 4.35. The van der Waals surface area contributed by atoms with Gasteiger partial charge in [0.05, 0.1) is 0 Å². The number of allylic oxidation sites excluding steroid dienone is 10. The van der Waals surface area contributed by atoms with Crippen molar-refractivity contribution in [3.8, 4) is 0 Å². The van der Waals surface area contributed by atoms with E-state index in [9.17, 15) is 14.4 Å². The standard InChI is InChI=1S/C57H100O6/c1-4-7-10-13-16-19-22-25-27-28-29-30-33-35-38-41-44-47-50-56(59)62-53-54(52-61-55(58)49-46-43-40-37-34-31-24-21-18-15-12-9-6-3)63-57(60)51-48-45-42-39-36-32-26-23-20-17-14-11-8-5-2/h8-9,11-12,15,17-18,20-21,24,54H,4-7,10,13-14,16,19,22-23,25-53H2,1-3H3/b11-8+,12-9+,18-15+,20-17+,24-21+. The maximum Gasteiger partial charge on any atom is 0.306 e. The molecular formula is C57H100O6. The lowest BCUT2D eigenvalue weighted by Gasteiger charge is -2.18. The summed E-state index contributed by atoms with van der Waals surface area (Å²) >= 11 is 0. The minimum absolute atomic E-state index is 0.0821. The van der Waals surface area contributed by atoms with Crippen molar-refractivity contribution in [3.05, 3.63) is 60.8 Å². The van der Waals surface area contributed by atoms with Crippen LogP contribution in [0.5, 0.6) is 0 Å². The number of hydrogen-bond acceptors (Lipinski definition) is 6. The molecule has 1 unspecified atom stereocenters. The third kappa shape index (κ3) is 50.0. The Morgan fingerprint density at radius 3 is 1.13 bits per heavy atom. The van der Waals surface area contributed by atoms with Gasteiger partial charge in [-0.05, 0) is 64.2 Å². The second-order valence-corrected chi connectivity index (χ2v) is 17.8. The highest BCUT2D eigenvalue weighted by molar-refractivity contribution is 5.71. The van der Waals surface area contributed by atoms with E-state index in [1.165, 1.54) is 122 Å². The molecule has 0 rings (SSSR count). The minimum atomic E-state index is -0.784. The molecule has 0 heterocycles. The Hall–Kier alpha value is -2.89. The molecule has 0 spiro atoms. The second kappa shape index (κ2) is 51.7. The fourth-order valence-corrected chi connectivity index (χ4v) is 7.60. The van der Waals surface area contributed by atoms with Gasteiger partial charge in [-0.15, -0.1) is 0 Å². The molecule has 364 valence electrons. The molecule has 0 aromatic heterocycles. The summed E-state index contributed by atoms with van der Waals surface area (Å²) in [6.07, 6.45) is 63.5. The number of rotatable bonds is 48. The van der Waals surface area contributed by atoms with Gasteiger partial charge in [0.2, 0.25) is 0 Å². The van der Waals surface area contributed by atoms with Crippen LogP contribution in [0, 0.1) is 0 Å². The van der Waals surface area contributed by atoms with E-state index in [-0.39, 0.29) is 31.1 Å². The Kier molecular flexibility index (Phi) is 49.4. The Bertz CT molecular complexity index is 1150. The zero-order chi connectivity index (χ0) is 45.8. The largest absolute Gasteiger partial charge is 0.462 e. The molecule has 6 heteroatoms. The summed E-state index contributed by atoms with van der Waals surface area (Å²) < 4.78 is 16.8. The quantitative estimate of drug-likeness (QED) is 0.0199. The monoisotopic (exact) mass is 881 g/mol. The van der Waals surface area contributed by atoms with Gasteiger partial charge in [-0.25, -0.2) is 0 Å². The number of ether oxygens (including phenoxy) is 3. The normalized spacial score (nSPS) is 12.5. The minimum Gasteiger partial charge on any atom is -0.462 e. The van der Waals surface area contributed by atoms with Crippen LogP contribution >= 0.6 is 0 Å². The van der Waals surface area contributed by atoms with Crippen LogP contribution in [0.2, 0.25) is 0 Å². The molecule has 0 saturated carbocycles. The molecule has 0 saturated heterocycles. The molecule has 0 radical (unpaired) electrons. The lowest BCUT2D eigenvalue weighted by molar-refractivity contribution is -0.167. The average molecular weight is 881 g/mol. The van der Waals surface area contributed by atoms with Crippen molar-refractivity contribution >= 4 is 17.9 Å². The van der Waals surface area contributed by atoms with Gasteiger partial charge in [0.1, 0.15) is 13.2 Å². The van der Waals surface area contributed by atoms with Crippen LogP contribution in [0.4, 0.5) is 0 Å². The van der Waals surface area contributed by atoms with Gasteiger partial charge in [-0.1, -0.05) is 242 Å². The van der Waals surface area contributed by atoms with Crippen LogP contribution in [0.1, 0.15) is 265 Å². The van der Waals surface area contributed by atoms with Crippen LogP contribution in [0.15, 0.2) is 60.8 Å². The van der Waals surface area contributed by atoms with Gasteiger partial charge in [0, 0.05) is 19.3 Å². The zero-order valence-electron chi connectivity index (χ0n) is 41.6. The molecule has 0 bridgehead atoms. The van der Waals surface area contributed by atoms with Gasteiger partial charge in [0.15, 0.2) is 6.10 Å². The zero-order valence-corrected chi connectivity index (χ0v) is 41.6. The Morgan fingerprint density at radius 1 is 0.349 bits per heavy atom. The van der Waals surface area contributed by atoms with Crippen LogP contribution in [-0.2, 0) is 28.6 Å². The summed E-state index contributed by atoms with van der Waals surface area (Å²) in [4.78, 5) is 38.0. The molecule has 0 aromatic rings. The highest BCUT2D eigenvalue weighted by Crippen LogP contribution is 2.16. The molecule has 63 heavy (non-hydrogen) atoms. The third-order valence-electron chi connectivity index (χ3n) is 11.6. The van der Waals surface area contributed by atoms with E-state index in [4.69, 9.17) is 14.2 Å². The molecule has 0 N–H and O–H groups in total. The summed E-state index contributed by atoms with van der Waals surface area (Å²) in [5, 5.41) is 0. The fraction of sp³-hybridized carbons (Fsp3) is 0.772. The first-order chi connectivity index (χ1) is 31.0. The SMILES string of the molecule is CC/C=C/C=C/C=C/CCCCCCCC(=O)OCC(COC(=O)CCCCCCCCCCCCCCCCCCCC)OC(=O)CCCCCCCCC/C=C/C/C=C/CC. The van der Waals surface area contributed by atoms with Gasteiger partial charge < -0.3 is 14.2 Å². The smallest absolute Gasteiger partial charge is 0.306 e. The molecule has 0 fully saturated rings. The number of unbranched alkanes of at least 4 members (excludes halogenated alkanes) is 29. The van der Waals surface area contributed by atoms with E-state index < -0.39 is 6.10 Å². The Morgan fingerprint density at radius 2 is 0.698 bits per heavy atom. The van der Waals surface area contributed by atoms with Crippen LogP contribution < -0.4 is 0 Å². The van der Waals surface area contributed by atoms with Gasteiger partial charge in [-0.3, -0.25) is 14.4 Å². The molecule has 0 amide bonds. The highest BCUT2D eigenvalue weighted by Gasteiger charge is 2.19. The first kappa shape index (κ1) is 60.1. The van der Waals surface area contributed by atoms with Crippen molar-refractivity contribution in [2.45, 2.75) is 271 Å². The van der Waals surface area contributed by atoms with Crippen molar-refractivity contribution < 1.29 is 28.6 Å². The van der Waals surface area contributed by atoms with E-state index in [0.29, 0.717) is 19.3 Å². The fourth-order valence-electron chi connectivity index (χ4n) is 7.60. The third-order valence-corrected chi connectivity index (χ3v) is 11.6. The molecule has 6 nitrogen and oxygen atoms in total. The van der Waals surface area contributed by atoms with Gasteiger partial charge >= 0.3 is 17.9 Å². The van der Waals surface area contributed by atoms with Crippen molar-refractivity contribution in [1.82, 2.24) is 0 Å². The topological polar surface area (TPSA) is 78.9 Å². The predicted molar refractivity (Wildman–Crippen MR) is 270 cm³/mol. The predicted octanol–water partition coefficient (Wildman–Crippen LogP) is 17.6. The second-order valence-electron chi connectivity index (χ2n) is 17.8. The maximum atomic E-state index is 12.8. The number of carbonyl (C=O) groups is 3. The molecule has 1 atom stereocenters. The van der Waals surface area contributed by atoms with E-state index in [1.54, 1.807) is 0 Å². The van der Waals surface area contributed by atoms with E-state index >= 15 is 0 Å². The summed E-state index contributed by atoms with van der Waals surface area (Å²) in [7, 11) is 0. The van der Waals surface area contributed by atoms with E-state index in [1.807, 2.05) is 0 Å². The Labute approximate surface area is 390 Å². The van der Waals surface area contributed by atoms with Gasteiger partial charge in [0.25, 0.3) is 0 Å². The summed E-state index contributed by atoms with van der Waals surface area (Å²) in [6.45, 7) is 6.40. The first-order valence-electron chi connectivity index (χ1n) is 26.8. The van der Waals surface area contributed by atoms with E-state index in [2.05, 4.69) is 81.5 Å².